The van der Waals surface area contributed by atoms with Crippen molar-refractivity contribution in [2.45, 2.75) is 45.8 Å². The van der Waals surface area contributed by atoms with Gasteiger partial charge in [0.1, 0.15) is 0 Å². The predicted octanol–water partition coefficient (Wildman–Crippen LogP) is 1.98. The SMILES string of the molecule is CO[Si](CCN(C(C)C)C(C)C)(OC)OC. The minimum Gasteiger partial charge on any atom is -0.377 e. The van der Waals surface area contributed by atoms with Gasteiger partial charge >= 0.3 is 8.80 Å². The lowest BCUT2D eigenvalue weighted by atomic mass is 10.2. The van der Waals surface area contributed by atoms with E-state index in [4.69, 9.17) is 13.3 Å². The first kappa shape index (κ1) is 16.1. The van der Waals surface area contributed by atoms with Crippen molar-refractivity contribution in [2.75, 3.05) is 27.9 Å². The lowest BCUT2D eigenvalue weighted by Gasteiger charge is -2.33. The van der Waals surface area contributed by atoms with E-state index < -0.39 is 8.80 Å². The molecular formula is C11H27NO3Si. The summed E-state index contributed by atoms with van der Waals surface area (Å²) < 4.78 is 16.2. The Morgan fingerprint density at radius 2 is 1.25 bits per heavy atom. The Morgan fingerprint density at radius 1 is 0.875 bits per heavy atom. The van der Waals surface area contributed by atoms with E-state index in [1.54, 1.807) is 21.3 Å². The third kappa shape index (κ3) is 4.51. The minimum atomic E-state index is -2.41. The van der Waals surface area contributed by atoms with Crippen LogP contribution in [0.1, 0.15) is 27.7 Å². The Morgan fingerprint density at radius 3 is 1.50 bits per heavy atom. The van der Waals surface area contributed by atoms with Gasteiger partial charge < -0.3 is 13.3 Å². The zero-order valence-corrected chi connectivity index (χ0v) is 12.7. The van der Waals surface area contributed by atoms with Crippen LogP contribution >= 0.6 is 0 Å². The molecule has 0 fully saturated rings. The molecule has 0 atom stereocenters. The smallest absolute Gasteiger partial charge is 0.377 e. The quantitative estimate of drug-likeness (QED) is 0.616. The van der Waals surface area contributed by atoms with Crippen molar-refractivity contribution >= 4 is 8.80 Å². The van der Waals surface area contributed by atoms with Crippen LogP contribution in [-0.2, 0) is 13.3 Å². The predicted molar refractivity (Wildman–Crippen MR) is 68.6 cm³/mol. The number of rotatable bonds is 8. The molecule has 0 radical (unpaired) electrons. The maximum atomic E-state index is 5.41. The molecule has 0 saturated carbocycles. The van der Waals surface area contributed by atoms with Gasteiger partial charge in [0.05, 0.1) is 0 Å². The molecule has 0 aliphatic rings. The van der Waals surface area contributed by atoms with Crippen LogP contribution < -0.4 is 0 Å². The van der Waals surface area contributed by atoms with E-state index in [-0.39, 0.29) is 0 Å². The second-order valence-corrected chi connectivity index (χ2v) is 7.56. The number of hydrogen-bond donors (Lipinski definition) is 0. The molecule has 0 amide bonds. The molecule has 4 nitrogen and oxygen atoms in total. The average molecular weight is 249 g/mol. The van der Waals surface area contributed by atoms with Crippen LogP contribution in [-0.4, -0.2) is 53.7 Å². The van der Waals surface area contributed by atoms with Crippen LogP contribution in [0.15, 0.2) is 0 Å². The zero-order chi connectivity index (χ0) is 12.8. The van der Waals surface area contributed by atoms with Crippen LogP contribution in [0.3, 0.4) is 0 Å². The summed E-state index contributed by atoms with van der Waals surface area (Å²) >= 11 is 0. The third-order valence-electron chi connectivity index (χ3n) is 2.94. The summed E-state index contributed by atoms with van der Waals surface area (Å²) in [5.41, 5.74) is 0. The standard InChI is InChI=1S/C11H27NO3Si/c1-10(2)12(11(3)4)8-9-16(13-5,14-6)15-7/h10-11H,8-9H2,1-7H3. The first-order valence-corrected chi connectivity index (χ1v) is 7.76. The van der Waals surface area contributed by atoms with Crippen molar-refractivity contribution in [3.05, 3.63) is 0 Å². The van der Waals surface area contributed by atoms with E-state index in [0.29, 0.717) is 12.1 Å². The third-order valence-corrected chi connectivity index (χ3v) is 5.64. The molecule has 0 rings (SSSR count). The lowest BCUT2D eigenvalue weighted by molar-refractivity contribution is 0.110. The van der Waals surface area contributed by atoms with Crippen LogP contribution in [0.4, 0.5) is 0 Å². The molecule has 0 aliphatic heterocycles. The highest BCUT2D eigenvalue weighted by Crippen LogP contribution is 2.15. The Hall–Kier alpha value is 0.0569. The fourth-order valence-corrected chi connectivity index (χ4v) is 3.58. The summed E-state index contributed by atoms with van der Waals surface area (Å²) in [7, 11) is 2.57. The summed E-state index contributed by atoms with van der Waals surface area (Å²) in [6, 6.07) is 1.88. The molecule has 0 aromatic carbocycles. The van der Waals surface area contributed by atoms with E-state index in [2.05, 4.69) is 32.6 Å². The normalized spacial score (nSPS) is 13.1. The van der Waals surface area contributed by atoms with E-state index in [1.165, 1.54) is 0 Å². The molecule has 0 aromatic rings. The Balaban J connectivity index is 4.37. The maximum Gasteiger partial charge on any atom is 0.501 e. The van der Waals surface area contributed by atoms with E-state index in [1.807, 2.05) is 0 Å². The zero-order valence-electron chi connectivity index (χ0n) is 11.7. The molecule has 0 aliphatic carbocycles. The van der Waals surface area contributed by atoms with Crippen molar-refractivity contribution in [3.8, 4) is 0 Å². The minimum absolute atomic E-state index is 0.525. The van der Waals surface area contributed by atoms with Crippen molar-refractivity contribution in [1.29, 1.82) is 0 Å². The Kier molecular flexibility index (Phi) is 7.42. The largest absolute Gasteiger partial charge is 0.501 e. The van der Waals surface area contributed by atoms with Gasteiger partial charge in [0.15, 0.2) is 0 Å². The van der Waals surface area contributed by atoms with Gasteiger partial charge in [-0.05, 0) is 27.7 Å². The van der Waals surface area contributed by atoms with Gasteiger partial charge in [-0.25, -0.2) is 0 Å². The monoisotopic (exact) mass is 249 g/mol. The van der Waals surface area contributed by atoms with Crippen LogP contribution in [0.2, 0.25) is 6.04 Å². The summed E-state index contributed by atoms with van der Waals surface area (Å²) in [5.74, 6) is 0. The molecule has 0 bridgehead atoms. The van der Waals surface area contributed by atoms with Gasteiger partial charge in [0.2, 0.25) is 0 Å². The average Bonchev–Trinajstić information content (AvgIpc) is 2.24. The van der Waals surface area contributed by atoms with Gasteiger partial charge in [0, 0.05) is 46.0 Å². The van der Waals surface area contributed by atoms with E-state index in [0.717, 1.165) is 12.6 Å². The fourth-order valence-electron chi connectivity index (χ4n) is 1.93. The number of hydrogen-bond acceptors (Lipinski definition) is 4. The summed E-state index contributed by atoms with van der Waals surface area (Å²) in [6.07, 6.45) is 0. The van der Waals surface area contributed by atoms with Crippen molar-refractivity contribution in [1.82, 2.24) is 4.90 Å². The molecule has 0 spiro atoms. The van der Waals surface area contributed by atoms with E-state index >= 15 is 0 Å². The Labute approximate surface area is 101 Å². The summed E-state index contributed by atoms with van der Waals surface area (Å²) in [4.78, 5) is 2.42. The van der Waals surface area contributed by atoms with Gasteiger partial charge in [-0.15, -0.1) is 0 Å². The second kappa shape index (κ2) is 7.40. The van der Waals surface area contributed by atoms with Gasteiger partial charge in [-0.1, -0.05) is 0 Å². The van der Waals surface area contributed by atoms with Crippen LogP contribution in [0.25, 0.3) is 0 Å². The van der Waals surface area contributed by atoms with Gasteiger partial charge in [-0.2, -0.15) is 0 Å². The van der Waals surface area contributed by atoms with Crippen LogP contribution in [0.5, 0.6) is 0 Å². The highest BCUT2D eigenvalue weighted by atomic mass is 28.4. The molecule has 0 saturated heterocycles. The molecule has 0 aromatic heterocycles. The molecule has 5 heteroatoms. The summed E-state index contributed by atoms with van der Waals surface area (Å²) in [6.45, 7) is 9.76. The molecule has 98 valence electrons. The van der Waals surface area contributed by atoms with E-state index in [9.17, 15) is 0 Å². The van der Waals surface area contributed by atoms with Gasteiger partial charge in [0.25, 0.3) is 0 Å². The molecule has 0 N–H and O–H groups in total. The molecule has 16 heavy (non-hydrogen) atoms. The summed E-state index contributed by atoms with van der Waals surface area (Å²) in [5, 5.41) is 0. The van der Waals surface area contributed by atoms with Crippen molar-refractivity contribution in [3.63, 3.8) is 0 Å². The first-order valence-electron chi connectivity index (χ1n) is 5.83. The topological polar surface area (TPSA) is 30.9 Å². The second-order valence-electron chi connectivity index (χ2n) is 4.47. The molecular weight excluding hydrogens is 222 g/mol. The van der Waals surface area contributed by atoms with Crippen molar-refractivity contribution in [2.24, 2.45) is 0 Å². The maximum absolute atomic E-state index is 5.41. The fraction of sp³-hybridized carbons (Fsp3) is 1.00. The molecule has 0 heterocycles. The Bertz CT molecular complexity index is 168. The molecule has 0 unspecified atom stereocenters. The first-order chi connectivity index (χ1) is 7.42. The lowest BCUT2D eigenvalue weighted by Crippen LogP contribution is -2.47. The highest BCUT2D eigenvalue weighted by Gasteiger charge is 2.38. The highest BCUT2D eigenvalue weighted by molar-refractivity contribution is 6.60. The van der Waals surface area contributed by atoms with Gasteiger partial charge in [-0.3, -0.25) is 4.90 Å². The van der Waals surface area contributed by atoms with Crippen LogP contribution in [0, 0.1) is 0 Å². The van der Waals surface area contributed by atoms with Crippen molar-refractivity contribution < 1.29 is 13.3 Å². The number of nitrogens with zero attached hydrogens (tertiary/aromatic N) is 1.